The predicted octanol–water partition coefficient (Wildman–Crippen LogP) is 5.14. The number of hydrogen-bond donors (Lipinski definition) is 0. The van der Waals surface area contributed by atoms with E-state index in [1.807, 2.05) is 13.8 Å². The first-order valence-corrected chi connectivity index (χ1v) is 5.88. The smallest absolute Gasteiger partial charge is 0.0225 e. The SMILES string of the molecule is CC.CC/C(C)=C/c1cc(C)ccc1C. The Hall–Kier alpha value is -1.04. The molecule has 84 valence electrons. The van der Waals surface area contributed by atoms with Crippen molar-refractivity contribution in [3.63, 3.8) is 0 Å². The van der Waals surface area contributed by atoms with E-state index in [0.29, 0.717) is 0 Å². The van der Waals surface area contributed by atoms with Crippen molar-refractivity contribution < 1.29 is 0 Å². The standard InChI is InChI=1S/C13H18.C2H6/c1-5-10(2)8-13-9-11(3)6-7-12(13)4;1-2/h6-9H,5H2,1-4H3;1-2H3/b10-8+;. The Bertz CT molecular complexity index is 319. The maximum atomic E-state index is 2.28. The molecule has 0 radical (unpaired) electrons. The van der Waals surface area contributed by atoms with Crippen molar-refractivity contribution in [1.82, 2.24) is 0 Å². The van der Waals surface area contributed by atoms with E-state index in [4.69, 9.17) is 0 Å². The van der Waals surface area contributed by atoms with Gasteiger partial charge in [0.15, 0.2) is 0 Å². The molecule has 0 heterocycles. The Morgan fingerprint density at radius 2 is 1.80 bits per heavy atom. The van der Waals surface area contributed by atoms with Crippen molar-refractivity contribution in [3.05, 3.63) is 40.5 Å². The first-order valence-electron chi connectivity index (χ1n) is 5.88. The molecule has 0 aliphatic rings. The summed E-state index contributed by atoms with van der Waals surface area (Å²) < 4.78 is 0. The van der Waals surface area contributed by atoms with E-state index in [9.17, 15) is 0 Å². The molecule has 0 fully saturated rings. The Morgan fingerprint density at radius 3 is 2.33 bits per heavy atom. The average molecular weight is 204 g/mol. The lowest BCUT2D eigenvalue weighted by Crippen LogP contribution is -1.83. The van der Waals surface area contributed by atoms with Crippen LogP contribution in [0.4, 0.5) is 0 Å². The highest BCUT2D eigenvalue weighted by Gasteiger charge is 1.95. The average Bonchev–Trinajstić information content (AvgIpc) is 2.26. The van der Waals surface area contributed by atoms with Gasteiger partial charge in [0.2, 0.25) is 0 Å². The zero-order chi connectivity index (χ0) is 11.8. The molecule has 0 spiro atoms. The Morgan fingerprint density at radius 1 is 1.20 bits per heavy atom. The summed E-state index contributed by atoms with van der Waals surface area (Å²) in [6, 6.07) is 6.59. The molecule has 0 aliphatic heterocycles. The van der Waals surface area contributed by atoms with Gasteiger partial charge in [0.1, 0.15) is 0 Å². The summed E-state index contributed by atoms with van der Waals surface area (Å²) in [6.07, 6.45) is 3.41. The number of benzene rings is 1. The normalized spacial score (nSPS) is 10.7. The van der Waals surface area contributed by atoms with Gasteiger partial charge in [-0.2, -0.15) is 0 Å². The van der Waals surface area contributed by atoms with Gasteiger partial charge in [0.25, 0.3) is 0 Å². The third-order valence-corrected chi connectivity index (χ3v) is 2.39. The molecule has 0 saturated heterocycles. The molecule has 0 atom stereocenters. The molecule has 0 nitrogen and oxygen atoms in total. The lowest BCUT2D eigenvalue weighted by atomic mass is 10.0. The lowest BCUT2D eigenvalue weighted by molar-refractivity contribution is 1.11. The van der Waals surface area contributed by atoms with Gasteiger partial charge in [-0.25, -0.2) is 0 Å². The van der Waals surface area contributed by atoms with Crippen molar-refractivity contribution in [3.8, 4) is 0 Å². The molecule has 0 amide bonds. The lowest BCUT2D eigenvalue weighted by Gasteiger charge is -2.03. The Balaban J connectivity index is 0.000000921. The second kappa shape index (κ2) is 7.28. The van der Waals surface area contributed by atoms with Gasteiger partial charge in [-0.05, 0) is 38.3 Å². The van der Waals surface area contributed by atoms with Crippen LogP contribution in [0.15, 0.2) is 23.8 Å². The molecule has 1 aromatic rings. The van der Waals surface area contributed by atoms with Gasteiger partial charge in [-0.15, -0.1) is 0 Å². The molecule has 1 aromatic carbocycles. The molecule has 0 heteroatoms. The maximum absolute atomic E-state index is 2.28. The van der Waals surface area contributed by atoms with Crippen molar-refractivity contribution in [2.45, 2.75) is 48.0 Å². The van der Waals surface area contributed by atoms with Crippen LogP contribution in [0.3, 0.4) is 0 Å². The summed E-state index contributed by atoms with van der Waals surface area (Å²) in [5.41, 5.74) is 5.49. The molecule has 15 heavy (non-hydrogen) atoms. The summed E-state index contributed by atoms with van der Waals surface area (Å²) in [4.78, 5) is 0. The predicted molar refractivity (Wildman–Crippen MR) is 71.2 cm³/mol. The summed E-state index contributed by atoms with van der Waals surface area (Å²) >= 11 is 0. The summed E-state index contributed by atoms with van der Waals surface area (Å²) in [5, 5.41) is 0. The molecular weight excluding hydrogens is 180 g/mol. The van der Waals surface area contributed by atoms with E-state index in [0.717, 1.165) is 6.42 Å². The first-order chi connectivity index (χ1) is 7.13. The van der Waals surface area contributed by atoms with E-state index in [2.05, 4.69) is 52.0 Å². The molecule has 0 aliphatic carbocycles. The molecule has 0 saturated carbocycles. The summed E-state index contributed by atoms with van der Waals surface area (Å²) in [5.74, 6) is 0. The summed E-state index contributed by atoms with van der Waals surface area (Å²) in [6.45, 7) is 12.7. The zero-order valence-electron chi connectivity index (χ0n) is 11.0. The number of allylic oxidation sites excluding steroid dienone is 1. The molecule has 0 N–H and O–H groups in total. The van der Waals surface area contributed by atoms with E-state index in [1.54, 1.807) is 0 Å². The quantitative estimate of drug-likeness (QED) is 0.625. The zero-order valence-corrected chi connectivity index (χ0v) is 11.0. The second-order valence-corrected chi connectivity index (χ2v) is 3.70. The van der Waals surface area contributed by atoms with E-state index >= 15 is 0 Å². The van der Waals surface area contributed by atoms with Crippen LogP contribution in [-0.4, -0.2) is 0 Å². The van der Waals surface area contributed by atoms with E-state index in [-0.39, 0.29) is 0 Å². The third-order valence-electron chi connectivity index (χ3n) is 2.39. The topological polar surface area (TPSA) is 0 Å². The Labute approximate surface area is 95.0 Å². The van der Waals surface area contributed by atoms with Crippen LogP contribution in [0.25, 0.3) is 6.08 Å². The van der Waals surface area contributed by atoms with Crippen LogP contribution in [-0.2, 0) is 0 Å². The highest BCUT2D eigenvalue weighted by Crippen LogP contribution is 2.15. The van der Waals surface area contributed by atoms with E-state index in [1.165, 1.54) is 22.3 Å². The fourth-order valence-electron chi connectivity index (χ4n) is 1.28. The van der Waals surface area contributed by atoms with E-state index < -0.39 is 0 Å². The molecule has 0 unspecified atom stereocenters. The minimum absolute atomic E-state index is 1.13. The number of hydrogen-bond acceptors (Lipinski definition) is 0. The first kappa shape index (κ1) is 14.0. The minimum Gasteiger partial charge on any atom is -0.0730 e. The highest BCUT2D eigenvalue weighted by atomic mass is 14.0. The van der Waals surface area contributed by atoms with Crippen LogP contribution >= 0.6 is 0 Å². The van der Waals surface area contributed by atoms with Crippen LogP contribution in [0.1, 0.15) is 50.8 Å². The fourth-order valence-corrected chi connectivity index (χ4v) is 1.28. The Kier molecular flexibility index (Phi) is 6.77. The van der Waals surface area contributed by atoms with Crippen LogP contribution in [0.2, 0.25) is 0 Å². The number of rotatable bonds is 2. The fraction of sp³-hybridized carbons (Fsp3) is 0.467. The van der Waals surface area contributed by atoms with Gasteiger partial charge < -0.3 is 0 Å². The third kappa shape index (κ3) is 4.83. The molecule has 0 aromatic heterocycles. The van der Waals surface area contributed by atoms with Crippen molar-refractivity contribution in [1.29, 1.82) is 0 Å². The van der Waals surface area contributed by atoms with Crippen LogP contribution in [0.5, 0.6) is 0 Å². The molecule has 1 rings (SSSR count). The van der Waals surface area contributed by atoms with Crippen LogP contribution in [0, 0.1) is 13.8 Å². The monoisotopic (exact) mass is 204 g/mol. The van der Waals surface area contributed by atoms with Gasteiger partial charge in [-0.1, -0.05) is 56.2 Å². The molecule has 0 bridgehead atoms. The van der Waals surface area contributed by atoms with Gasteiger partial charge in [0.05, 0.1) is 0 Å². The van der Waals surface area contributed by atoms with Crippen molar-refractivity contribution >= 4 is 6.08 Å². The number of aryl methyl sites for hydroxylation is 2. The summed E-state index contributed by atoms with van der Waals surface area (Å²) in [7, 11) is 0. The van der Waals surface area contributed by atoms with Gasteiger partial charge in [-0.3, -0.25) is 0 Å². The maximum Gasteiger partial charge on any atom is -0.0225 e. The van der Waals surface area contributed by atoms with Gasteiger partial charge in [0, 0.05) is 0 Å². The minimum atomic E-state index is 1.13. The highest BCUT2D eigenvalue weighted by molar-refractivity contribution is 5.56. The van der Waals surface area contributed by atoms with Gasteiger partial charge >= 0.3 is 0 Å². The van der Waals surface area contributed by atoms with Crippen molar-refractivity contribution in [2.75, 3.05) is 0 Å². The van der Waals surface area contributed by atoms with Crippen molar-refractivity contribution in [2.24, 2.45) is 0 Å². The van der Waals surface area contributed by atoms with Crippen LogP contribution < -0.4 is 0 Å². The largest absolute Gasteiger partial charge is 0.0730 e. The second-order valence-electron chi connectivity index (χ2n) is 3.70. The molecular formula is C15H24.